The van der Waals surface area contributed by atoms with Crippen LogP contribution < -0.4 is 5.32 Å². The van der Waals surface area contributed by atoms with Gasteiger partial charge in [-0.1, -0.05) is 37.3 Å². The van der Waals surface area contributed by atoms with Gasteiger partial charge in [-0.2, -0.15) is 0 Å². The summed E-state index contributed by atoms with van der Waals surface area (Å²) in [6.07, 6.45) is 4.11. The fourth-order valence-electron chi connectivity index (χ4n) is 2.78. The van der Waals surface area contributed by atoms with E-state index in [0.29, 0.717) is 18.6 Å². The minimum Gasteiger partial charge on any atom is -0.444 e. The van der Waals surface area contributed by atoms with Crippen LogP contribution >= 0.6 is 0 Å². The molecule has 1 aliphatic rings. The van der Waals surface area contributed by atoms with Gasteiger partial charge in [-0.05, 0) is 52.0 Å². The lowest BCUT2D eigenvalue weighted by Gasteiger charge is -2.28. The lowest BCUT2D eigenvalue weighted by Crippen LogP contribution is -2.43. The number of ether oxygens (including phenoxy) is 1. The zero-order valence-electron chi connectivity index (χ0n) is 15.5. The van der Waals surface area contributed by atoms with Gasteiger partial charge in [0, 0.05) is 25.2 Å². The number of nitrogens with one attached hydrogen (secondary N) is 1. The van der Waals surface area contributed by atoms with Gasteiger partial charge in [0.05, 0.1) is 0 Å². The normalized spacial score (nSPS) is 15.8. The summed E-state index contributed by atoms with van der Waals surface area (Å²) in [6, 6.07) is 11.4. The Kier molecular flexibility index (Phi) is 6.67. The van der Waals surface area contributed by atoms with Crippen LogP contribution in [-0.2, 0) is 11.2 Å². The minimum absolute atomic E-state index is 0.178. The summed E-state index contributed by atoms with van der Waals surface area (Å²) < 4.78 is 5.54. The molecule has 4 nitrogen and oxygen atoms in total. The molecule has 0 aromatic heterocycles. The van der Waals surface area contributed by atoms with Crippen molar-refractivity contribution in [2.75, 3.05) is 13.1 Å². The average molecular weight is 332 g/mol. The van der Waals surface area contributed by atoms with Crippen molar-refractivity contribution >= 4 is 6.09 Å². The predicted molar refractivity (Wildman–Crippen MR) is 98.2 cm³/mol. The standard InChI is InChI=1S/C20H32N2O2/c1-5-17(15-16-9-7-6-8-10-16)21-13-14-22(18-11-12-18)19(23)24-20(2,3)4/h6-10,17-18,21H,5,11-15H2,1-4H3. The molecule has 1 unspecified atom stereocenters. The van der Waals surface area contributed by atoms with E-state index in [-0.39, 0.29) is 6.09 Å². The smallest absolute Gasteiger partial charge is 0.410 e. The molecule has 24 heavy (non-hydrogen) atoms. The topological polar surface area (TPSA) is 41.6 Å². The second-order valence-corrected chi connectivity index (χ2v) is 7.65. The SMILES string of the molecule is CCC(Cc1ccccc1)NCCN(C(=O)OC(C)(C)C)C1CC1. The van der Waals surface area contributed by atoms with E-state index in [9.17, 15) is 4.79 Å². The molecule has 4 heteroatoms. The van der Waals surface area contributed by atoms with Crippen molar-refractivity contribution < 1.29 is 9.53 Å². The molecule has 1 aliphatic carbocycles. The second kappa shape index (κ2) is 8.52. The van der Waals surface area contributed by atoms with Gasteiger partial charge < -0.3 is 15.0 Å². The minimum atomic E-state index is -0.434. The maximum absolute atomic E-state index is 12.4. The van der Waals surface area contributed by atoms with E-state index >= 15 is 0 Å². The summed E-state index contributed by atoms with van der Waals surface area (Å²) in [5.74, 6) is 0. The second-order valence-electron chi connectivity index (χ2n) is 7.65. The van der Waals surface area contributed by atoms with E-state index in [1.54, 1.807) is 0 Å². The molecule has 0 spiro atoms. The molecular weight excluding hydrogens is 300 g/mol. The fraction of sp³-hybridized carbons (Fsp3) is 0.650. The van der Waals surface area contributed by atoms with Crippen LogP contribution in [0.4, 0.5) is 4.79 Å². The first-order valence-electron chi connectivity index (χ1n) is 9.16. The van der Waals surface area contributed by atoms with Gasteiger partial charge in [-0.15, -0.1) is 0 Å². The quantitative estimate of drug-likeness (QED) is 0.782. The number of hydrogen-bond acceptors (Lipinski definition) is 3. The Hall–Kier alpha value is -1.55. The highest BCUT2D eigenvalue weighted by Gasteiger charge is 2.34. The molecule has 0 heterocycles. The van der Waals surface area contributed by atoms with Gasteiger partial charge in [-0.25, -0.2) is 4.79 Å². The molecule has 1 amide bonds. The number of carbonyl (C=O) groups excluding carboxylic acids is 1. The number of benzene rings is 1. The maximum Gasteiger partial charge on any atom is 0.410 e. The Labute approximate surface area is 146 Å². The summed E-state index contributed by atoms with van der Waals surface area (Å²) >= 11 is 0. The largest absolute Gasteiger partial charge is 0.444 e. The molecule has 1 N–H and O–H groups in total. The molecule has 0 saturated heterocycles. The third kappa shape index (κ3) is 6.52. The number of rotatable bonds is 8. The van der Waals surface area contributed by atoms with Crippen molar-refractivity contribution in [3.63, 3.8) is 0 Å². The van der Waals surface area contributed by atoms with Gasteiger partial charge >= 0.3 is 6.09 Å². The molecule has 1 aromatic carbocycles. The summed E-state index contributed by atoms with van der Waals surface area (Å²) in [5.41, 5.74) is 0.916. The molecule has 0 bridgehead atoms. The van der Waals surface area contributed by atoms with Crippen molar-refractivity contribution in [2.45, 2.75) is 71.1 Å². The van der Waals surface area contributed by atoms with Crippen LogP contribution in [0.2, 0.25) is 0 Å². The first-order chi connectivity index (χ1) is 11.4. The average Bonchev–Trinajstić information content (AvgIpc) is 3.34. The number of hydrogen-bond donors (Lipinski definition) is 1. The molecule has 1 atom stereocenters. The van der Waals surface area contributed by atoms with E-state index in [1.807, 2.05) is 31.7 Å². The summed E-state index contributed by atoms with van der Waals surface area (Å²) in [4.78, 5) is 14.2. The van der Waals surface area contributed by atoms with Gasteiger partial charge in [0.15, 0.2) is 0 Å². The molecule has 0 radical (unpaired) electrons. The first kappa shape index (κ1) is 18.8. The van der Waals surface area contributed by atoms with Gasteiger partial charge in [0.25, 0.3) is 0 Å². The molecule has 0 aliphatic heterocycles. The highest BCUT2D eigenvalue weighted by Crippen LogP contribution is 2.28. The zero-order chi connectivity index (χ0) is 17.6. The van der Waals surface area contributed by atoms with Crippen LogP contribution in [0.3, 0.4) is 0 Å². The molecule has 1 fully saturated rings. The summed E-state index contributed by atoms with van der Waals surface area (Å²) in [5, 5.41) is 3.60. The Morgan fingerprint density at radius 1 is 1.29 bits per heavy atom. The van der Waals surface area contributed by atoms with Gasteiger partial charge in [-0.3, -0.25) is 0 Å². The van der Waals surface area contributed by atoms with Crippen LogP contribution in [-0.4, -0.2) is 41.8 Å². The van der Waals surface area contributed by atoms with E-state index in [4.69, 9.17) is 4.74 Å². The van der Waals surface area contributed by atoms with Crippen LogP contribution in [0.1, 0.15) is 52.5 Å². The van der Waals surface area contributed by atoms with Crippen molar-refractivity contribution in [2.24, 2.45) is 0 Å². The monoisotopic (exact) mass is 332 g/mol. The Bertz CT molecular complexity index is 506. The van der Waals surface area contributed by atoms with Crippen molar-refractivity contribution in [1.82, 2.24) is 10.2 Å². The molecule has 134 valence electrons. The highest BCUT2D eigenvalue weighted by molar-refractivity contribution is 5.69. The molecule has 1 aromatic rings. The van der Waals surface area contributed by atoms with E-state index < -0.39 is 5.60 Å². The van der Waals surface area contributed by atoms with Crippen LogP contribution in [0.5, 0.6) is 0 Å². The molecule has 2 rings (SSSR count). The molecular formula is C20H32N2O2. The van der Waals surface area contributed by atoms with E-state index in [1.165, 1.54) is 5.56 Å². The number of amides is 1. The highest BCUT2D eigenvalue weighted by atomic mass is 16.6. The predicted octanol–water partition coefficient (Wildman–Crippen LogP) is 4.00. The lowest BCUT2D eigenvalue weighted by atomic mass is 10.0. The van der Waals surface area contributed by atoms with E-state index in [2.05, 4.69) is 36.5 Å². The number of nitrogens with zero attached hydrogens (tertiary/aromatic N) is 1. The zero-order valence-corrected chi connectivity index (χ0v) is 15.5. The first-order valence-corrected chi connectivity index (χ1v) is 9.16. The molecule has 1 saturated carbocycles. The van der Waals surface area contributed by atoms with Gasteiger partial charge in [0.1, 0.15) is 5.60 Å². The summed E-state index contributed by atoms with van der Waals surface area (Å²) in [7, 11) is 0. The summed E-state index contributed by atoms with van der Waals surface area (Å²) in [6.45, 7) is 9.47. The Morgan fingerprint density at radius 3 is 2.50 bits per heavy atom. The van der Waals surface area contributed by atoms with Crippen molar-refractivity contribution in [3.05, 3.63) is 35.9 Å². The fourth-order valence-corrected chi connectivity index (χ4v) is 2.78. The van der Waals surface area contributed by atoms with Crippen molar-refractivity contribution in [1.29, 1.82) is 0 Å². The van der Waals surface area contributed by atoms with Crippen LogP contribution in [0.15, 0.2) is 30.3 Å². The third-order valence-electron chi connectivity index (χ3n) is 4.22. The van der Waals surface area contributed by atoms with Crippen molar-refractivity contribution in [3.8, 4) is 0 Å². The van der Waals surface area contributed by atoms with Crippen LogP contribution in [0, 0.1) is 0 Å². The third-order valence-corrected chi connectivity index (χ3v) is 4.22. The lowest BCUT2D eigenvalue weighted by molar-refractivity contribution is 0.0234. The number of carbonyl (C=O) groups is 1. The Morgan fingerprint density at radius 2 is 1.96 bits per heavy atom. The maximum atomic E-state index is 12.4. The van der Waals surface area contributed by atoms with Gasteiger partial charge in [0.2, 0.25) is 0 Å². The Balaban J connectivity index is 1.80. The van der Waals surface area contributed by atoms with Crippen LogP contribution in [0.25, 0.3) is 0 Å². The van der Waals surface area contributed by atoms with E-state index in [0.717, 1.165) is 32.2 Å².